The summed E-state index contributed by atoms with van der Waals surface area (Å²) in [4.78, 5) is 17.9. The molecule has 1 N–H and O–H groups in total. The van der Waals surface area contributed by atoms with E-state index in [0.29, 0.717) is 10.6 Å². The largest absolute Gasteiger partial charge is 0.478 e. The first-order valence-electron chi connectivity index (χ1n) is 8.79. The normalized spacial score (nSPS) is 10.9. The molecule has 2 aromatic heterocycles. The fraction of sp³-hybridized carbons (Fsp3) is 0.238. The quantitative estimate of drug-likeness (QED) is 0.238. The number of carbonyl (C=O) groups is 1. The van der Waals surface area contributed by atoms with Crippen molar-refractivity contribution >= 4 is 40.8 Å². The molecule has 0 radical (unpaired) electrons. The number of rotatable bonds is 9. The molecule has 0 spiro atoms. The fourth-order valence-corrected chi connectivity index (χ4v) is 5.57. The molecule has 2 heterocycles. The van der Waals surface area contributed by atoms with Gasteiger partial charge in [-0.2, -0.15) is 11.8 Å². The molecule has 0 aliphatic carbocycles. The van der Waals surface area contributed by atoms with Crippen LogP contribution in [0.3, 0.4) is 0 Å². The maximum absolute atomic E-state index is 12.1. The SMILES string of the molecule is CCCCSCSc1nc(-c2cccs2)cc(-c2ccccc2)c1C(=O)O. The maximum Gasteiger partial charge on any atom is 0.339 e. The van der Waals surface area contributed by atoms with Gasteiger partial charge in [0.05, 0.1) is 16.1 Å². The Morgan fingerprint density at radius 2 is 2.00 bits per heavy atom. The molecule has 3 rings (SSSR count). The van der Waals surface area contributed by atoms with Gasteiger partial charge < -0.3 is 5.11 Å². The van der Waals surface area contributed by atoms with Gasteiger partial charge in [0.1, 0.15) is 5.03 Å². The molecule has 140 valence electrons. The molecule has 3 nitrogen and oxygen atoms in total. The lowest BCUT2D eigenvalue weighted by molar-refractivity contribution is 0.0693. The molecule has 0 saturated heterocycles. The first kappa shape index (κ1) is 20.0. The third-order valence-electron chi connectivity index (χ3n) is 3.98. The predicted molar refractivity (Wildman–Crippen MR) is 118 cm³/mol. The van der Waals surface area contributed by atoms with E-state index < -0.39 is 5.97 Å². The topological polar surface area (TPSA) is 50.2 Å². The number of hydrogen-bond donors (Lipinski definition) is 1. The summed E-state index contributed by atoms with van der Waals surface area (Å²) in [6, 6.07) is 15.6. The lowest BCUT2D eigenvalue weighted by Crippen LogP contribution is -2.05. The molecule has 6 heteroatoms. The zero-order valence-corrected chi connectivity index (χ0v) is 17.5. The second-order valence-corrected chi connectivity index (χ2v) is 9.29. The standard InChI is InChI=1S/C21H21NO2S3/c1-2-3-11-25-14-27-20-19(21(23)24)16(15-8-5-4-6-9-15)13-17(22-20)18-10-7-12-26-18/h4-10,12-13H,2-3,11,14H2,1H3,(H,23,24). The van der Waals surface area contributed by atoms with Gasteiger partial charge >= 0.3 is 5.97 Å². The first-order valence-corrected chi connectivity index (χ1v) is 11.8. The summed E-state index contributed by atoms with van der Waals surface area (Å²) >= 11 is 4.97. The number of pyridine rings is 1. The number of hydrogen-bond acceptors (Lipinski definition) is 5. The number of nitrogens with zero attached hydrogens (tertiary/aromatic N) is 1. The highest BCUT2D eigenvalue weighted by atomic mass is 32.2. The van der Waals surface area contributed by atoms with Crippen LogP contribution in [0.4, 0.5) is 0 Å². The minimum absolute atomic E-state index is 0.294. The van der Waals surface area contributed by atoms with Gasteiger partial charge in [-0.3, -0.25) is 0 Å². The first-order chi connectivity index (χ1) is 13.2. The van der Waals surface area contributed by atoms with Gasteiger partial charge in [-0.05, 0) is 35.2 Å². The predicted octanol–water partition coefficient (Wildman–Crippen LogP) is 6.76. The van der Waals surface area contributed by atoms with E-state index in [1.165, 1.54) is 24.6 Å². The summed E-state index contributed by atoms with van der Waals surface area (Å²) in [6.07, 6.45) is 2.34. The Kier molecular flexibility index (Phi) is 7.38. The molecule has 0 amide bonds. The van der Waals surface area contributed by atoms with Crippen LogP contribution in [0.25, 0.3) is 21.7 Å². The van der Waals surface area contributed by atoms with Crippen molar-refractivity contribution in [3.63, 3.8) is 0 Å². The Labute approximate surface area is 172 Å². The van der Waals surface area contributed by atoms with Gasteiger partial charge in [-0.15, -0.1) is 11.3 Å². The molecular weight excluding hydrogens is 394 g/mol. The number of carboxylic acid groups (broad SMARTS) is 1. The maximum atomic E-state index is 12.1. The van der Waals surface area contributed by atoms with Crippen LogP contribution in [0.2, 0.25) is 0 Å². The Morgan fingerprint density at radius 1 is 1.19 bits per heavy atom. The molecule has 0 saturated carbocycles. The van der Waals surface area contributed by atoms with E-state index in [4.69, 9.17) is 4.98 Å². The average molecular weight is 416 g/mol. The van der Waals surface area contributed by atoms with E-state index in [1.54, 1.807) is 11.3 Å². The van der Waals surface area contributed by atoms with E-state index in [9.17, 15) is 9.90 Å². The van der Waals surface area contributed by atoms with E-state index in [1.807, 2.05) is 65.7 Å². The fourth-order valence-electron chi connectivity index (χ4n) is 2.63. The van der Waals surface area contributed by atoms with Crippen LogP contribution in [-0.2, 0) is 0 Å². The highest BCUT2D eigenvalue weighted by molar-refractivity contribution is 8.16. The van der Waals surface area contributed by atoms with Crippen molar-refractivity contribution in [2.75, 3.05) is 10.8 Å². The summed E-state index contributed by atoms with van der Waals surface area (Å²) in [5.41, 5.74) is 2.75. The highest BCUT2D eigenvalue weighted by Gasteiger charge is 2.21. The van der Waals surface area contributed by atoms with Crippen molar-refractivity contribution in [2.45, 2.75) is 24.8 Å². The Balaban J connectivity index is 2.03. The van der Waals surface area contributed by atoms with Crippen molar-refractivity contribution in [3.8, 4) is 21.7 Å². The van der Waals surface area contributed by atoms with Crippen LogP contribution in [0.1, 0.15) is 30.1 Å². The van der Waals surface area contributed by atoms with Crippen LogP contribution in [0.5, 0.6) is 0 Å². The number of benzene rings is 1. The molecule has 0 fully saturated rings. The number of thiophene rings is 1. The lowest BCUT2D eigenvalue weighted by Gasteiger charge is -2.13. The number of carboxylic acids is 1. The van der Waals surface area contributed by atoms with Crippen molar-refractivity contribution in [1.82, 2.24) is 4.98 Å². The van der Waals surface area contributed by atoms with Crippen LogP contribution < -0.4 is 0 Å². The van der Waals surface area contributed by atoms with Gasteiger partial charge in [0, 0.05) is 10.6 Å². The van der Waals surface area contributed by atoms with Crippen LogP contribution >= 0.6 is 34.9 Å². The zero-order chi connectivity index (χ0) is 19.1. The number of thioether (sulfide) groups is 2. The summed E-state index contributed by atoms with van der Waals surface area (Å²) in [6.45, 7) is 2.18. The third kappa shape index (κ3) is 5.15. The highest BCUT2D eigenvalue weighted by Crippen LogP contribution is 2.36. The van der Waals surface area contributed by atoms with Crippen LogP contribution in [0.15, 0.2) is 58.9 Å². The number of unbranched alkanes of at least 4 members (excludes halogenated alkanes) is 1. The van der Waals surface area contributed by atoms with E-state index in [2.05, 4.69) is 6.92 Å². The minimum Gasteiger partial charge on any atom is -0.478 e. The molecule has 3 aromatic rings. The molecule has 1 aromatic carbocycles. The van der Waals surface area contributed by atoms with E-state index >= 15 is 0 Å². The summed E-state index contributed by atoms with van der Waals surface area (Å²) in [5.74, 6) is 0.155. The monoisotopic (exact) mass is 415 g/mol. The van der Waals surface area contributed by atoms with Crippen molar-refractivity contribution in [3.05, 3.63) is 59.5 Å². The lowest BCUT2D eigenvalue weighted by atomic mass is 10.0. The second-order valence-electron chi connectivity index (χ2n) is 5.91. The van der Waals surface area contributed by atoms with Crippen molar-refractivity contribution in [1.29, 1.82) is 0 Å². The van der Waals surface area contributed by atoms with Crippen LogP contribution in [-0.4, -0.2) is 26.9 Å². The number of aromatic carboxylic acids is 1. The molecule has 0 bridgehead atoms. The number of aromatic nitrogens is 1. The third-order valence-corrected chi connectivity index (χ3v) is 7.16. The summed E-state index contributed by atoms with van der Waals surface area (Å²) in [5, 5.41) is 13.3. The Morgan fingerprint density at radius 3 is 2.67 bits per heavy atom. The minimum atomic E-state index is -0.930. The Bertz CT molecular complexity index is 880. The molecule has 0 aliphatic rings. The molecule has 27 heavy (non-hydrogen) atoms. The summed E-state index contributed by atoms with van der Waals surface area (Å²) in [7, 11) is 0. The average Bonchev–Trinajstić information content (AvgIpc) is 3.22. The Hall–Kier alpha value is -1.76. The molecular formula is C21H21NO2S3. The van der Waals surface area contributed by atoms with E-state index in [-0.39, 0.29) is 0 Å². The molecule has 0 atom stereocenters. The zero-order valence-electron chi connectivity index (χ0n) is 15.1. The van der Waals surface area contributed by atoms with Gasteiger partial charge in [-0.25, -0.2) is 9.78 Å². The van der Waals surface area contributed by atoms with Crippen LogP contribution in [0, 0.1) is 0 Å². The van der Waals surface area contributed by atoms with Gasteiger partial charge in [0.15, 0.2) is 0 Å². The summed E-state index contributed by atoms with van der Waals surface area (Å²) < 4.78 is 0. The van der Waals surface area contributed by atoms with Crippen molar-refractivity contribution < 1.29 is 9.90 Å². The van der Waals surface area contributed by atoms with Gasteiger partial charge in [0.25, 0.3) is 0 Å². The van der Waals surface area contributed by atoms with E-state index in [0.717, 1.165) is 32.5 Å². The molecule has 0 aliphatic heterocycles. The second kappa shape index (κ2) is 9.97. The van der Waals surface area contributed by atoms with Crippen molar-refractivity contribution in [2.24, 2.45) is 0 Å². The smallest absolute Gasteiger partial charge is 0.339 e. The van der Waals surface area contributed by atoms with Gasteiger partial charge in [-0.1, -0.05) is 61.5 Å². The molecule has 0 unspecified atom stereocenters. The van der Waals surface area contributed by atoms with Gasteiger partial charge in [0.2, 0.25) is 0 Å².